The van der Waals surface area contributed by atoms with Gasteiger partial charge in [0.05, 0.1) is 5.69 Å². The molecule has 4 nitrogen and oxygen atoms in total. The Balaban J connectivity index is 2.05. The van der Waals surface area contributed by atoms with Crippen molar-refractivity contribution in [3.63, 3.8) is 0 Å². The first-order valence-corrected chi connectivity index (χ1v) is 7.51. The van der Waals surface area contributed by atoms with Crippen LogP contribution in [0.25, 0.3) is 0 Å². The van der Waals surface area contributed by atoms with Crippen LogP contribution < -0.4 is 15.4 Å². The van der Waals surface area contributed by atoms with Crippen LogP contribution in [0.3, 0.4) is 0 Å². The van der Waals surface area contributed by atoms with Crippen molar-refractivity contribution >= 4 is 17.3 Å². The number of ether oxygens (including phenoxy) is 1. The molecule has 2 N–H and O–H groups in total. The summed E-state index contributed by atoms with van der Waals surface area (Å²) in [6, 6.07) is 5.48. The molecule has 0 spiro atoms. The van der Waals surface area contributed by atoms with Gasteiger partial charge in [-0.25, -0.2) is 0 Å². The lowest BCUT2D eigenvalue weighted by Crippen LogP contribution is -2.44. The zero-order chi connectivity index (χ0) is 14.5. The van der Waals surface area contributed by atoms with Crippen LogP contribution in [-0.2, 0) is 4.79 Å². The minimum atomic E-state index is -0.431. The molecule has 4 heteroatoms. The van der Waals surface area contributed by atoms with Gasteiger partial charge in [0.25, 0.3) is 5.91 Å². The normalized spacial score (nSPS) is 17.8. The fourth-order valence-electron chi connectivity index (χ4n) is 2.53. The predicted octanol–water partition coefficient (Wildman–Crippen LogP) is 3.35. The van der Waals surface area contributed by atoms with Gasteiger partial charge in [0.15, 0.2) is 6.10 Å². The minimum Gasteiger partial charge on any atom is -0.479 e. The highest BCUT2D eigenvalue weighted by Gasteiger charge is 2.30. The Morgan fingerprint density at radius 2 is 2.00 bits per heavy atom. The van der Waals surface area contributed by atoms with Crippen molar-refractivity contribution in [2.75, 3.05) is 17.2 Å². The van der Waals surface area contributed by atoms with E-state index >= 15 is 0 Å². The van der Waals surface area contributed by atoms with Gasteiger partial charge in [0, 0.05) is 18.3 Å². The summed E-state index contributed by atoms with van der Waals surface area (Å²) in [5.41, 5.74) is 7.28. The van der Waals surface area contributed by atoms with Crippen LogP contribution >= 0.6 is 0 Å². The molecular formula is C16H24N2O2. The third kappa shape index (κ3) is 3.24. The van der Waals surface area contributed by atoms with Gasteiger partial charge in [-0.3, -0.25) is 4.79 Å². The molecule has 0 saturated heterocycles. The van der Waals surface area contributed by atoms with Crippen LogP contribution in [0.1, 0.15) is 46.0 Å². The molecule has 1 atom stereocenters. The van der Waals surface area contributed by atoms with E-state index in [0.717, 1.165) is 25.1 Å². The SMILES string of the molecule is CCCCCCCN1C(=O)C(C)Oc2cc(N)ccc21. The first-order chi connectivity index (χ1) is 9.63. The van der Waals surface area contributed by atoms with E-state index in [-0.39, 0.29) is 5.91 Å². The van der Waals surface area contributed by atoms with E-state index in [1.165, 1.54) is 19.3 Å². The van der Waals surface area contributed by atoms with E-state index in [0.29, 0.717) is 11.4 Å². The van der Waals surface area contributed by atoms with E-state index in [2.05, 4.69) is 6.92 Å². The Kier molecular flexibility index (Phi) is 4.88. The quantitative estimate of drug-likeness (QED) is 0.640. The molecule has 1 aliphatic heterocycles. The topological polar surface area (TPSA) is 55.6 Å². The van der Waals surface area contributed by atoms with Crippen molar-refractivity contribution in [3.05, 3.63) is 18.2 Å². The van der Waals surface area contributed by atoms with E-state index in [9.17, 15) is 4.79 Å². The molecule has 0 saturated carbocycles. The number of nitrogens with two attached hydrogens (primary N) is 1. The van der Waals surface area contributed by atoms with Crippen molar-refractivity contribution in [3.8, 4) is 5.75 Å². The standard InChI is InChI=1S/C16H24N2O2/c1-3-4-5-6-7-10-18-14-9-8-13(17)11-15(14)20-12(2)16(18)19/h8-9,11-12H,3-7,10,17H2,1-2H3. The number of rotatable bonds is 6. The van der Waals surface area contributed by atoms with Crippen LogP contribution in [0.4, 0.5) is 11.4 Å². The molecule has 0 bridgehead atoms. The number of hydrogen-bond donors (Lipinski definition) is 1. The molecule has 2 rings (SSSR count). The average molecular weight is 276 g/mol. The predicted molar refractivity (Wildman–Crippen MR) is 82.1 cm³/mol. The second kappa shape index (κ2) is 6.64. The number of anilines is 2. The van der Waals surface area contributed by atoms with E-state index in [1.807, 2.05) is 17.0 Å². The maximum Gasteiger partial charge on any atom is 0.267 e. The minimum absolute atomic E-state index is 0.0396. The Hall–Kier alpha value is -1.71. The molecule has 0 radical (unpaired) electrons. The van der Waals surface area contributed by atoms with Crippen LogP contribution in [0.15, 0.2) is 18.2 Å². The molecule has 1 aromatic rings. The van der Waals surface area contributed by atoms with Crippen LogP contribution in [0.5, 0.6) is 5.75 Å². The molecule has 0 aromatic heterocycles. The van der Waals surface area contributed by atoms with Crippen molar-refractivity contribution in [2.45, 2.75) is 52.1 Å². The summed E-state index contributed by atoms with van der Waals surface area (Å²) in [5.74, 6) is 0.753. The highest BCUT2D eigenvalue weighted by Crippen LogP contribution is 2.35. The van der Waals surface area contributed by atoms with Crippen LogP contribution in [0, 0.1) is 0 Å². The third-order valence-corrected chi connectivity index (χ3v) is 3.68. The fraction of sp³-hybridized carbons (Fsp3) is 0.562. The lowest BCUT2D eigenvalue weighted by molar-refractivity contribution is -0.125. The zero-order valence-corrected chi connectivity index (χ0v) is 12.4. The van der Waals surface area contributed by atoms with Gasteiger partial charge < -0.3 is 15.4 Å². The third-order valence-electron chi connectivity index (χ3n) is 3.68. The lowest BCUT2D eigenvalue weighted by atomic mass is 10.1. The smallest absolute Gasteiger partial charge is 0.267 e. The number of amides is 1. The Labute approximate surface area is 120 Å². The molecule has 1 heterocycles. The summed E-state index contributed by atoms with van der Waals surface area (Å²) in [6.45, 7) is 4.75. The molecule has 1 aliphatic rings. The molecule has 0 fully saturated rings. The highest BCUT2D eigenvalue weighted by atomic mass is 16.5. The van der Waals surface area contributed by atoms with Gasteiger partial charge >= 0.3 is 0 Å². The number of nitrogens with zero attached hydrogens (tertiary/aromatic N) is 1. The molecular weight excluding hydrogens is 252 g/mol. The van der Waals surface area contributed by atoms with E-state index in [4.69, 9.17) is 10.5 Å². The van der Waals surface area contributed by atoms with Crippen molar-refractivity contribution in [1.82, 2.24) is 0 Å². The second-order valence-electron chi connectivity index (χ2n) is 5.39. The van der Waals surface area contributed by atoms with Gasteiger partial charge in [-0.15, -0.1) is 0 Å². The summed E-state index contributed by atoms with van der Waals surface area (Å²) < 4.78 is 5.63. The Morgan fingerprint density at radius 3 is 2.75 bits per heavy atom. The first-order valence-electron chi connectivity index (χ1n) is 7.51. The number of carbonyl (C=O) groups excluding carboxylic acids is 1. The van der Waals surface area contributed by atoms with Crippen LogP contribution in [-0.4, -0.2) is 18.6 Å². The lowest BCUT2D eigenvalue weighted by Gasteiger charge is -2.33. The van der Waals surface area contributed by atoms with Crippen molar-refractivity contribution < 1.29 is 9.53 Å². The van der Waals surface area contributed by atoms with Gasteiger partial charge in [0.1, 0.15) is 5.75 Å². The zero-order valence-electron chi connectivity index (χ0n) is 12.4. The number of carbonyl (C=O) groups is 1. The molecule has 20 heavy (non-hydrogen) atoms. The summed E-state index contributed by atoms with van der Waals surface area (Å²) in [4.78, 5) is 14.1. The van der Waals surface area contributed by atoms with E-state index < -0.39 is 6.10 Å². The maximum absolute atomic E-state index is 12.3. The van der Waals surface area contributed by atoms with E-state index in [1.54, 1.807) is 13.0 Å². The van der Waals surface area contributed by atoms with Crippen molar-refractivity contribution in [2.24, 2.45) is 0 Å². The molecule has 1 amide bonds. The van der Waals surface area contributed by atoms with Gasteiger partial charge in [0.2, 0.25) is 0 Å². The summed E-state index contributed by atoms with van der Waals surface area (Å²) >= 11 is 0. The Morgan fingerprint density at radius 1 is 1.25 bits per heavy atom. The molecule has 0 aliphatic carbocycles. The van der Waals surface area contributed by atoms with Gasteiger partial charge in [-0.05, 0) is 25.5 Å². The summed E-state index contributed by atoms with van der Waals surface area (Å²) in [6.07, 6.45) is 5.49. The Bertz CT molecular complexity index is 474. The fourth-order valence-corrected chi connectivity index (χ4v) is 2.53. The van der Waals surface area contributed by atoms with Gasteiger partial charge in [-0.1, -0.05) is 32.6 Å². The number of hydrogen-bond acceptors (Lipinski definition) is 3. The van der Waals surface area contributed by atoms with Crippen molar-refractivity contribution in [1.29, 1.82) is 0 Å². The molecule has 1 unspecified atom stereocenters. The maximum atomic E-state index is 12.3. The first kappa shape index (κ1) is 14.7. The largest absolute Gasteiger partial charge is 0.479 e. The number of unbranched alkanes of at least 4 members (excludes halogenated alkanes) is 4. The average Bonchev–Trinajstić information content (AvgIpc) is 2.42. The molecule has 1 aromatic carbocycles. The number of benzene rings is 1. The van der Waals surface area contributed by atoms with Gasteiger partial charge in [-0.2, -0.15) is 0 Å². The second-order valence-corrected chi connectivity index (χ2v) is 5.39. The number of nitrogen functional groups attached to an aromatic ring is 1. The summed E-state index contributed by atoms with van der Waals surface area (Å²) in [5, 5.41) is 0. The van der Waals surface area contributed by atoms with Crippen LogP contribution in [0.2, 0.25) is 0 Å². The summed E-state index contributed by atoms with van der Waals surface area (Å²) in [7, 11) is 0. The highest BCUT2D eigenvalue weighted by molar-refractivity contribution is 6.00. The monoisotopic (exact) mass is 276 g/mol. The molecule has 110 valence electrons. The number of fused-ring (bicyclic) bond motifs is 1.